The van der Waals surface area contributed by atoms with Crippen molar-refractivity contribution in [2.75, 3.05) is 0 Å². The third kappa shape index (κ3) is 3.37. The molecule has 0 aliphatic heterocycles. The molecule has 0 saturated heterocycles. The summed E-state index contributed by atoms with van der Waals surface area (Å²) >= 11 is 8.95. The lowest BCUT2D eigenvalue weighted by atomic mass is 10.2. The van der Waals surface area contributed by atoms with Crippen molar-refractivity contribution in [2.24, 2.45) is 0 Å². The number of nitro benzene ring substituents is 1. The first-order chi connectivity index (χ1) is 9.47. The van der Waals surface area contributed by atoms with Gasteiger partial charge in [0.25, 0.3) is 5.69 Å². The summed E-state index contributed by atoms with van der Waals surface area (Å²) in [6.07, 6.45) is 0. The number of ether oxygens (including phenoxy) is 1. The minimum atomic E-state index is -0.648. The number of halogens is 2. The van der Waals surface area contributed by atoms with E-state index >= 15 is 0 Å². The van der Waals surface area contributed by atoms with Gasteiger partial charge in [0.1, 0.15) is 6.61 Å². The Labute approximate surface area is 126 Å². The van der Waals surface area contributed by atoms with E-state index in [9.17, 15) is 14.9 Å². The number of hydrogen-bond donors (Lipinski definition) is 0. The molecule has 0 unspecified atom stereocenters. The molecule has 0 bridgehead atoms. The maximum absolute atomic E-state index is 11.6. The molecule has 1 heterocycles. The zero-order valence-corrected chi connectivity index (χ0v) is 12.2. The standard InChI is InChI=1S/C12H7BrClNO5/c13-11-4-3-10(20-11)12(16)19-6-7-1-2-8(15(17)18)5-9(7)14/h1-5H,6H2. The number of carbonyl (C=O) groups is 1. The fraction of sp³-hybridized carbons (Fsp3) is 0.0833. The second-order valence-corrected chi connectivity index (χ2v) is 4.90. The summed E-state index contributed by atoms with van der Waals surface area (Å²) in [5.41, 5.74) is 0.344. The Balaban J connectivity index is 2.04. The summed E-state index contributed by atoms with van der Waals surface area (Å²) < 4.78 is 10.4. The van der Waals surface area contributed by atoms with Gasteiger partial charge in [0.05, 0.1) is 9.95 Å². The van der Waals surface area contributed by atoms with E-state index in [-0.39, 0.29) is 23.1 Å². The molecule has 104 valence electrons. The fourth-order valence-electron chi connectivity index (χ4n) is 1.41. The van der Waals surface area contributed by atoms with Crippen LogP contribution in [-0.4, -0.2) is 10.9 Å². The van der Waals surface area contributed by atoms with Gasteiger partial charge in [-0.15, -0.1) is 0 Å². The fourth-order valence-corrected chi connectivity index (χ4v) is 1.94. The predicted octanol–water partition coefficient (Wildman–Crippen LogP) is 3.96. The van der Waals surface area contributed by atoms with Crippen LogP contribution in [0.15, 0.2) is 39.4 Å². The third-order valence-corrected chi connectivity index (χ3v) is 3.16. The Hall–Kier alpha value is -1.86. The van der Waals surface area contributed by atoms with Crippen molar-refractivity contribution < 1.29 is 18.9 Å². The van der Waals surface area contributed by atoms with Crippen molar-refractivity contribution in [1.29, 1.82) is 0 Å². The van der Waals surface area contributed by atoms with Crippen molar-refractivity contribution in [3.05, 3.63) is 61.5 Å². The molecule has 0 aliphatic carbocycles. The maximum atomic E-state index is 11.6. The summed E-state index contributed by atoms with van der Waals surface area (Å²) in [7, 11) is 0. The van der Waals surface area contributed by atoms with Crippen LogP contribution in [0.25, 0.3) is 0 Å². The van der Waals surface area contributed by atoms with E-state index < -0.39 is 10.9 Å². The number of nitro groups is 1. The van der Waals surface area contributed by atoms with E-state index in [0.29, 0.717) is 10.2 Å². The van der Waals surface area contributed by atoms with Gasteiger partial charge < -0.3 is 9.15 Å². The Morgan fingerprint density at radius 3 is 2.70 bits per heavy atom. The lowest BCUT2D eigenvalue weighted by Crippen LogP contribution is -2.04. The van der Waals surface area contributed by atoms with Gasteiger partial charge in [0, 0.05) is 17.7 Å². The molecule has 0 saturated carbocycles. The molecule has 2 aromatic rings. The Kier molecular flexibility index (Phi) is 4.41. The van der Waals surface area contributed by atoms with Crippen LogP contribution < -0.4 is 0 Å². The average Bonchev–Trinajstić information content (AvgIpc) is 2.83. The summed E-state index contributed by atoms with van der Waals surface area (Å²) in [4.78, 5) is 21.6. The zero-order chi connectivity index (χ0) is 14.7. The first kappa shape index (κ1) is 14.5. The molecule has 0 spiro atoms. The number of benzene rings is 1. The van der Waals surface area contributed by atoms with E-state index in [1.807, 2.05) is 0 Å². The lowest BCUT2D eigenvalue weighted by molar-refractivity contribution is -0.384. The molecule has 0 aliphatic rings. The number of nitrogens with zero attached hydrogens (tertiary/aromatic N) is 1. The molecule has 1 aromatic heterocycles. The van der Waals surface area contributed by atoms with Crippen LogP contribution in [-0.2, 0) is 11.3 Å². The topological polar surface area (TPSA) is 82.6 Å². The number of esters is 1. The summed E-state index contributed by atoms with van der Waals surface area (Å²) in [5, 5.41) is 10.7. The van der Waals surface area contributed by atoms with Crippen LogP contribution in [0.4, 0.5) is 5.69 Å². The molecular weight excluding hydrogens is 353 g/mol. The Bertz CT molecular complexity index is 670. The average molecular weight is 361 g/mol. The van der Waals surface area contributed by atoms with Crippen molar-refractivity contribution in [3.63, 3.8) is 0 Å². The quantitative estimate of drug-likeness (QED) is 0.468. The third-order valence-electron chi connectivity index (χ3n) is 2.38. The number of furan rings is 1. The Morgan fingerprint density at radius 2 is 2.15 bits per heavy atom. The van der Waals surface area contributed by atoms with Crippen LogP contribution in [0.5, 0.6) is 0 Å². The van der Waals surface area contributed by atoms with E-state index in [4.69, 9.17) is 20.8 Å². The SMILES string of the molecule is O=C(OCc1ccc([N+](=O)[O-])cc1Cl)c1ccc(Br)o1. The van der Waals surface area contributed by atoms with Gasteiger partial charge >= 0.3 is 5.97 Å². The van der Waals surface area contributed by atoms with E-state index in [1.54, 1.807) is 6.07 Å². The largest absolute Gasteiger partial charge is 0.455 e. The van der Waals surface area contributed by atoms with E-state index in [0.717, 1.165) is 0 Å². The summed E-state index contributed by atoms with van der Waals surface area (Å²) in [5.74, 6) is -0.597. The molecular formula is C12H7BrClNO5. The monoisotopic (exact) mass is 359 g/mol. The number of non-ortho nitro benzene ring substituents is 1. The highest BCUT2D eigenvalue weighted by atomic mass is 79.9. The van der Waals surface area contributed by atoms with Crippen molar-refractivity contribution >= 4 is 39.2 Å². The van der Waals surface area contributed by atoms with E-state index in [1.165, 1.54) is 24.3 Å². The van der Waals surface area contributed by atoms with Crippen LogP contribution in [0.3, 0.4) is 0 Å². The first-order valence-electron chi connectivity index (χ1n) is 5.32. The normalized spacial score (nSPS) is 10.3. The Morgan fingerprint density at radius 1 is 1.40 bits per heavy atom. The molecule has 1 aromatic carbocycles. The zero-order valence-electron chi connectivity index (χ0n) is 9.84. The van der Waals surface area contributed by atoms with Gasteiger partial charge in [-0.3, -0.25) is 10.1 Å². The van der Waals surface area contributed by atoms with E-state index in [2.05, 4.69) is 15.9 Å². The van der Waals surface area contributed by atoms with Crippen LogP contribution >= 0.6 is 27.5 Å². The highest BCUT2D eigenvalue weighted by Crippen LogP contribution is 2.23. The highest BCUT2D eigenvalue weighted by Gasteiger charge is 2.14. The van der Waals surface area contributed by atoms with Crippen molar-refractivity contribution in [2.45, 2.75) is 6.61 Å². The summed E-state index contributed by atoms with van der Waals surface area (Å²) in [6, 6.07) is 6.96. The minimum Gasteiger partial charge on any atom is -0.455 e. The predicted molar refractivity (Wildman–Crippen MR) is 73.6 cm³/mol. The van der Waals surface area contributed by atoms with Gasteiger partial charge in [-0.2, -0.15) is 0 Å². The molecule has 0 radical (unpaired) electrons. The second-order valence-electron chi connectivity index (χ2n) is 3.71. The molecule has 0 fully saturated rings. The van der Waals surface area contributed by atoms with Crippen LogP contribution in [0.2, 0.25) is 5.02 Å². The van der Waals surface area contributed by atoms with Crippen LogP contribution in [0, 0.1) is 10.1 Å². The minimum absolute atomic E-state index is 0.0508. The molecule has 0 amide bonds. The lowest BCUT2D eigenvalue weighted by Gasteiger charge is -2.05. The summed E-state index contributed by atoms with van der Waals surface area (Å²) in [6.45, 7) is -0.103. The molecule has 20 heavy (non-hydrogen) atoms. The molecule has 8 heteroatoms. The molecule has 0 N–H and O–H groups in total. The first-order valence-corrected chi connectivity index (χ1v) is 6.50. The van der Waals surface area contributed by atoms with Crippen molar-refractivity contribution in [3.8, 4) is 0 Å². The van der Waals surface area contributed by atoms with Gasteiger partial charge in [-0.25, -0.2) is 4.79 Å². The smallest absolute Gasteiger partial charge is 0.374 e. The van der Waals surface area contributed by atoms with Gasteiger partial charge in [-0.05, 0) is 34.1 Å². The highest BCUT2D eigenvalue weighted by molar-refractivity contribution is 9.10. The van der Waals surface area contributed by atoms with Gasteiger partial charge in [-0.1, -0.05) is 11.6 Å². The molecule has 2 rings (SSSR count). The van der Waals surface area contributed by atoms with Gasteiger partial charge in [0.15, 0.2) is 4.67 Å². The second kappa shape index (κ2) is 6.06. The van der Waals surface area contributed by atoms with Crippen LogP contribution in [0.1, 0.15) is 16.1 Å². The molecule has 6 nitrogen and oxygen atoms in total. The van der Waals surface area contributed by atoms with Crippen molar-refractivity contribution in [1.82, 2.24) is 0 Å². The number of rotatable bonds is 4. The number of carbonyl (C=O) groups excluding carboxylic acids is 1. The number of hydrogen-bond acceptors (Lipinski definition) is 5. The maximum Gasteiger partial charge on any atom is 0.374 e. The molecule has 0 atom stereocenters. The van der Waals surface area contributed by atoms with Gasteiger partial charge in [0.2, 0.25) is 5.76 Å².